The van der Waals surface area contributed by atoms with Crippen LogP contribution in [0.15, 0.2) is 24.5 Å². The monoisotopic (exact) mass is 346 g/mol. The van der Waals surface area contributed by atoms with E-state index in [1.54, 1.807) is 32.4 Å². The molecule has 0 atom stereocenters. The molecule has 0 aliphatic heterocycles. The number of nitrogens with zero attached hydrogens (tertiary/aromatic N) is 1. The summed E-state index contributed by atoms with van der Waals surface area (Å²) in [6, 6.07) is 5.25. The van der Waals surface area contributed by atoms with Gasteiger partial charge in [-0.05, 0) is 32.0 Å². The number of ether oxygens (including phenoxy) is 2. The van der Waals surface area contributed by atoms with E-state index in [-0.39, 0.29) is 24.0 Å². The van der Waals surface area contributed by atoms with Gasteiger partial charge in [0.2, 0.25) is 0 Å². The summed E-state index contributed by atoms with van der Waals surface area (Å²) < 4.78 is 10.5. The molecule has 8 nitrogen and oxygen atoms in total. The smallest absolute Gasteiger partial charge is 0.272 e. The van der Waals surface area contributed by atoms with Gasteiger partial charge >= 0.3 is 0 Å². The zero-order valence-electron chi connectivity index (χ0n) is 14.7. The summed E-state index contributed by atoms with van der Waals surface area (Å²) in [6.07, 6.45) is 1.32. The first kappa shape index (κ1) is 18.3. The molecule has 134 valence electrons. The normalized spacial score (nSPS) is 10.4. The third kappa shape index (κ3) is 4.50. The lowest BCUT2D eigenvalue weighted by Gasteiger charge is -2.12. The Labute approximate surface area is 145 Å². The SMILES string of the molecule is COc1ccc(OC)c(CNC(=O)c2[nH]cnc2C(=O)NC(C)C)c1. The average molecular weight is 346 g/mol. The zero-order valence-corrected chi connectivity index (χ0v) is 14.7. The minimum Gasteiger partial charge on any atom is -0.497 e. The lowest BCUT2D eigenvalue weighted by Crippen LogP contribution is -2.33. The summed E-state index contributed by atoms with van der Waals surface area (Å²) in [5, 5.41) is 5.46. The number of imidazole rings is 1. The van der Waals surface area contributed by atoms with Crippen molar-refractivity contribution in [2.75, 3.05) is 14.2 Å². The molecule has 0 unspecified atom stereocenters. The van der Waals surface area contributed by atoms with Crippen molar-refractivity contribution < 1.29 is 19.1 Å². The lowest BCUT2D eigenvalue weighted by molar-refractivity contribution is 0.0906. The summed E-state index contributed by atoms with van der Waals surface area (Å²) in [5.74, 6) is 0.448. The maximum atomic E-state index is 12.4. The number of hydrogen-bond donors (Lipinski definition) is 3. The van der Waals surface area contributed by atoms with E-state index in [9.17, 15) is 9.59 Å². The van der Waals surface area contributed by atoms with E-state index in [0.29, 0.717) is 11.5 Å². The summed E-state index contributed by atoms with van der Waals surface area (Å²) in [4.78, 5) is 31.1. The van der Waals surface area contributed by atoms with E-state index in [0.717, 1.165) is 5.56 Å². The molecule has 0 fully saturated rings. The van der Waals surface area contributed by atoms with E-state index < -0.39 is 11.8 Å². The van der Waals surface area contributed by atoms with Gasteiger partial charge in [-0.15, -0.1) is 0 Å². The molecule has 0 aliphatic rings. The van der Waals surface area contributed by atoms with Gasteiger partial charge < -0.3 is 25.1 Å². The highest BCUT2D eigenvalue weighted by Gasteiger charge is 2.21. The number of methoxy groups -OCH3 is 2. The molecule has 8 heteroatoms. The highest BCUT2D eigenvalue weighted by molar-refractivity contribution is 6.04. The fourth-order valence-corrected chi connectivity index (χ4v) is 2.25. The highest BCUT2D eigenvalue weighted by atomic mass is 16.5. The van der Waals surface area contributed by atoms with Crippen LogP contribution in [-0.4, -0.2) is 42.0 Å². The number of rotatable bonds is 7. The van der Waals surface area contributed by atoms with Crippen molar-refractivity contribution in [3.05, 3.63) is 41.5 Å². The Morgan fingerprint density at radius 3 is 2.60 bits per heavy atom. The van der Waals surface area contributed by atoms with E-state index >= 15 is 0 Å². The van der Waals surface area contributed by atoms with Crippen molar-refractivity contribution in [3.63, 3.8) is 0 Å². The molecular formula is C17H22N4O4. The second kappa shape index (κ2) is 8.18. The molecule has 25 heavy (non-hydrogen) atoms. The van der Waals surface area contributed by atoms with Crippen LogP contribution in [0.1, 0.15) is 40.4 Å². The van der Waals surface area contributed by atoms with E-state index in [1.807, 2.05) is 13.8 Å². The fraction of sp³-hybridized carbons (Fsp3) is 0.353. The van der Waals surface area contributed by atoms with Crippen LogP contribution in [0.3, 0.4) is 0 Å². The molecule has 2 amide bonds. The molecule has 1 heterocycles. The van der Waals surface area contributed by atoms with Gasteiger partial charge in [-0.2, -0.15) is 0 Å². The molecule has 1 aromatic carbocycles. The Morgan fingerprint density at radius 1 is 1.20 bits per heavy atom. The Hall–Kier alpha value is -3.03. The molecule has 0 saturated heterocycles. The minimum absolute atomic E-state index is 0.0545. The summed E-state index contributed by atoms with van der Waals surface area (Å²) >= 11 is 0. The van der Waals surface area contributed by atoms with Gasteiger partial charge in [-0.1, -0.05) is 0 Å². The van der Waals surface area contributed by atoms with Crippen molar-refractivity contribution in [1.29, 1.82) is 0 Å². The molecule has 3 N–H and O–H groups in total. The molecule has 0 bridgehead atoms. The first-order valence-corrected chi connectivity index (χ1v) is 7.79. The number of aromatic nitrogens is 2. The predicted octanol–water partition coefficient (Wildman–Crippen LogP) is 1.50. The second-order valence-corrected chi connectivity index (χ2v) is 5.61. The Morgan fingerprint density at radius 2 is 1.96 bits per heavy atom. The second-order valence-electron chi connectivity index (χ2n) is 5.61. The summed E-state index contributed by atoms with van der Waals surface area (Å²) in [7, 11) is 3.12. The molecule has 1 aromatic heterocycles. The van der Waals surface area contributed by atoms with Crippen LogP contribution in [0.2, 0.25) is 0 Å². The molecule has 0 spiro atoms. The quantitative estimate of drug-likeness (QED) is 0.704. The van der Waals surface area contributed by atoms with Gasteiger partial charge in [0, 0.05) is 18.2 Å². The average Bonchev–Trinajstić information content (AvgIpc) is 3.08. The van der Waals surface area contributed by atoms with Gasteiger partial charge in [-0.3, -0.25) is 9.59 Å². The summed E-state index contributed by atoms with van der Waals surface area (Å²) in [5.41, 5.74) is 0.923. The number of benzene rings is 1. The van der Waals surface area contributed by atoms with Gasteiger partial charge in [-0.25, -0.2) is 4.98 Å². The number of carbonyl (C=O) groups excluding carboxylic acids is 2. The van der Waals surface area contributed by atoms with Crippen LogP contribution in [0.5, 0.6) is 11.5 Å². The van der Waals surface area contributed by atoms with Crippen molar-refractivity contribution in [2.45, 2.75) is 26.4 Å². The third-order valence-electron chi connectivity index (χ3n) is 3.43. The highest BCUT2D eigenvalue weighted by Crippen LogP contribution is 2.23. The van der Waals surface area contributed by atoms with Crippen molar-refractivity contribution in [2.24, 2.45) is 0 Å². The maximum Gasteiger partial charge on any atom is 0.272 e. The van der Waals surface area contributed by atoms with E-state index in [2.05, 4.69) is 20.6 Å². The van der Waals surface area contributed by atoms with Crippen molar-refractivity contribution >= 4 is 11.8 Å². The molecule has 0 aliphatic carbocycles. The van der Waals surface area contributed by atoms with E-state index in [4.69, 9.17) is 9.47 Å². The van der Waals surface area contributed by atoms with Crippen molar-refractivity contribution in [1.82, 2.24) is 20.6 Å². The first-order valence-electron chi connectivity index (χ1n) is 7.79. The number of H-pyrrole nitrogens is 1. The Kier molecular flexibility index (Phi) is 5.99. The van der Waals surface area contributed by atoms with Gasteiger partial charge in [0.1, 0.15) is 17.2 Å². The number of aromatic amines is 1. The first-order chi connectivity index (χ1) is 12.0. The molecule has 2 aromatic rings. The molecule has 0 saturated carbocycles. The van der Waals surface area contributed by atoms with Crippen LogP contribution < -0.4 is 20.1 Å². The minimum atomic E-state index is -0.434. The summed E-state index contributed by atoms with van der Waals surface area (Å²) in [6.45, 7) is 3.88. The topological polar surface area (TPSA) is 105 Å². The number of hydrogen-bond acceptors (Lipinski definition) is 5. The van der Waals surface area contributed by atoms with Crippen LogP contribution >= 0.6 is 0 Å². The predicted molar refractivity (Wildman–Crippen MR) is 91.9 cm³/mol. The largest absolute Gasteiger partial charge is 0.497 e. The molecule has 0 radical (unpaired) electrons. The van der Waals surface area contributed by atoms with Crippen LogP contribution in [0.25, 0.3) is 0 Å². The molecular weight excluding hydrogens is 324 g/mol. The lowest BCUT2D eigenvalue weighted by atomic mass is 10.2. The molecule has 2 rings (SSSR count). The van der Waals surface area contributed by atoms with Gasteiger partial charge in [0.15, 0.2) is 5.69 Å². The number of carbonyl (C=O) groups is 2. The number of amides is 2. The van der Waals surface area contributed by atoms with Crippen molar-refractivity contribution in [3.8, 4) is 11.5 Å². The maximum absolute atomic E-state index is 12.4. The number of nitrogens with one attached hydrogen (secondary N) is 3. The standard InChI is InChI=1S/C17H22N4O4/c1-10(2)21-17(23)15-14(19-9-20-15)16(22)18-8-11-7-12(24-3)5-6-13(11)25-4/h5-7,9-10H,8H2,1-4H3,(H,18,22)(H,19,20)(H,21,23). The van der Waals surface area contributed by atoms with Gasteiger partial charge in [0.05, 0.1) is 20.5 Å². The van der Waals surface area contributed by atoms with Crippen LogP contribution in [0.4, 0.5) is 0 Å². The van der Waals surface area contributed by atoms with Crippen LogP contribution in [-0.2, 0) is 6.54 Å². The van der Waals surface area contributed by atoms with Crippen LogP contribution in [0, 0.1) is 0 Å². The Balaban J connectivity index is 2.11. The fourth-order valence-electron chi connectivity index (χ4n) is 2.25. The zero-order chi connectivity index (χ0) is 18.4. The van der Waals surface area contributed by atoms with E-state index in [1.165, 1.54) is 6.33 Å². The Bertz CT molecular complexity index is 755. The third-order valence-corrected chi connectivity index (χ3v) is 3.43. The van der Waals surface area contributed by atoms with Gasteiger partial charge in [0.25, 0.3) is 11.8 Å².